The Balaban J connectivity index is 1.96. The number of halogens is 1. The molecule has 0 aliphatic heterocycles. The van der Waals surface area contributed by atoms with Crippen LogP contribution >= 0.6 is 0 Å². The van der Waals surface area contributed by atoms with Crippen molar-refractivity contribution in [1.82, 2.24) is 5.32 Å². The summed E-state index contributed by atoms with van der Waals surface area (Å²) in [6.45, 7) is 0. The maximum Gasteiger partial charge on any atom is 0.123 e. The van der Waals surface area contributed by atoms with Crippen molar-refractivity contribution in [3.05, 3.63) is 35.6 Å². The average Bonchev–Trinajstić information content (AvgIpc) is 2.39. The molecule has 0 bridgehead atoms. The number of nitrogens with one attached hydrogen (secondary N) is 1. The zero-order chi connectivity index (χ0) is 12.3. The van der Waals surface area contributed by atoms with E-state index in [1.807, 2.05) is 19.2 Å². The minimum Gasteiger partial charge on any atom is -0.324 e. The van der Waals surface area contributed by atoms with Gasteiger partial charge in [-0.3, -0.25) is 0 Å². The Bertz CT molecular complexity index is 342. The van der Waals surface area contributed by atoms with Crippen LogP contribution in [0.5, 0.6) is 0 Å². The third kappa shape index (κ3) is 3.05. The molecule has 0 amide bonds. The first-order chi connectivity index (χ1) is 8.20. The molecule has 94 valence electrons. The second kappa shape index (κ2) is 5.61. The Hall–Kier alpha value is -0.930. The molecule has 1 unspecified atom stereocenters. The van der Waals surface area contributed by atoms with Crippen LogP contribution < -0.4 is 11.1 Å². The second-order valence-corrected chi connectivity index (χ2v) is 4.98. The minimum absolute atomic E-state index is 0.0495. The first-order valence-corrected chi connectivity index (χ1v) is 6.39. The summed E-state index contributed by atoms with van der Waals surface area (Å²) in [6.07, 6.45) is 4.69. The topological polar surface area (TPSA) is 38.0 Å². The molecule has 1 atom stereocenters. The summed E-state index contributed by atoms with van der Waals surface area (Å²) in [4.78, 5) is 0. The highest BCUT2D eigenvalue weighted by molar-refractivity contribution is 5.20. The fourth-order valence-electron chi connectivity index (χ4n) is 2.72. The molecule has 17 heavy (non-hydrogen) atoms. The van der Waals surface area contributed by atoms with Crippen LogP contribution in [0.4, 0.5) is 4.39 Å². The molecule has 0 aromatic heterocycles. The predicted molar refractivity (Wildman–Crippen MR) is 68.1 cm³/mol. The van der Waals surface area contributed by atoms with Crippen molar-refractivity contribution in [3.63, 3.8) is 0 Å². The van der Waals surface area contributed by atoms with E-state index in [1.54, 1.807) is 0 Å². The van der Waals surface area contributed by atoms with Crippen molar-refractivity contribution in [2.45, 2.75) is 37.8 Å². The van der Waals surface area contributed by atoms with Crippen molar-refractivity contribution < 1.29 is 4.39 Å². The molecule has 0 radical (unpaired) electrons. The van der Waals surface area contributed by atoms with Gasteiger partial charge < -0.3 is 11.1 Å². The van der Waals surface area contributed by atoms with E-state index in [0.717, 1.165) is 18.4 Å². The smallest absolute Gasteiger partial charge is 0.123 e. The van der Waals surface area contributed by atoms with Crippen molar-refractivity contribution in [1.29, 1.82) is 0 Å². The fourth-order valence-corrected chi connectivity index (χ4v) is 2.72. The van der Waals surface area contributed by atoms with Crippen LogP contribution in [0.3, 0.4) is 0 Å². The molecule has 0 heterocycles. The summed E-state index contributed by atoms with van der Waals surface area (Å²) < 4.78 is 12.8. The van der Waals surface area contributed by atoms with Crippen molar-refractivity contribution in [3.8, 4) is 0 Å². The molecule has 1 aromatic rings. The van der Waals surface area contributed by atoms with Crippen LogP contribution in [0.1, 0.15) is 37.3 Å². The minimum atomic E-state index is -0.195. The molecule has 0 spiro atoms. The molecule has 1 aliphatic carbocycles. The van der Waals surface area contributed by atoms with E-state index in [0.29, 0.717) is 12.0 Å². The first-order valence-electron chi connectivity index (χ1n) is 6.39. The monoisotopic (exact) mass is 236 g/mol. The molecular formula is C14H21FN2. The summed E-state index contributed by atoms with van der Waals surface area (Å²) in [6, 6.07) is 7.30. The molecule has 1 saturated carbocycles. The summed E-state index contributed by atoms with van der Waals surface area (Å²) in [5, 5.41) is 3.32. The van der Waals surface area contributed by atoms with Gasteiger partial charge in [-0.1, -0.05) is 12.1 Å². The maximum atomic E-state index is 12.8. The standard InChI is InChI=1S/C14H21FN2/c1-17-13-8-4-11(5-9-13)14(16)10-2-6-12(15)7-3-10/h2-3,6-7,11,13-14,17H,4-5,8-9,16H2,1H3. The SMILES string of the molecule is CNC1CCC(C(N)c2ccc(F)cc2)CC1. The number of nitrogens with two attached hydrogens (primary N) is 1. The lowest BCUT2D eigenvalue weighted by Crippen LogP contribution is -2.33. The maximum absolute atomic E-state index is 12.8. The van der Waals surface area contributed by atoms with E-state index < -0.39 is 0 Å². The summed E-state index contributed by atoms with van der Waals surface area (Å²) in [5.74, 6) is 0.338. The Kier molecular flexibility index (Phi) is 4.13. The quantitative estimate of drug-likeness (QED) is 0.846. The van der Waals surface area contributed by atoms with Gasteiger partial charge in [0.25, 0.3) is 0 Å². The second-order valence-electron chi connectivity index (χ2n) is 4.98. The number of hydrogen-bond acceptors (Lipinski definition) is 2. The molecule has 3 heteroatoms. The highest BCUT2D eigenvalue weighted by Gasteiger charge is 2.25. The predicted octanol–water partition coefficient (Wildman–Crippen LogP) is 2.60. The number of benzene rings is 1. The first kappa shape index (κ1) is 12.5. The number of rotatable bonds is 3. The van der Waals surface area contributed by atoms with Crippen LogP contribution in [-0.2, 0) is 0 Å². The molecule has 2 nitrogen and oxygen atoms in total. The van der Waals surface area contributed by atoms with Gasteiger partial charge in [-0.15, -0.1) is 0 Å². The summed E-state index contributed by atoms with van der Waals surface area (Å²) >= 11 is 0. The molecule has 0 saturated heterocycles. The van der Waals surface area contributed by atoms with E-state index in [2.05, 4.69) is 5.32 Å². The van der Waals surface area contributed by atoms with Gasteiger partial charge in [0.2, 0.25) is 0 Å². The Morgan fingerprint density at radius 1 is 1.18 bits per heavy atom. The largest absolute Gasteiger partial charge is 0.324 e. The van der Waals surface area contributed by atoms with Crippen LogP contribution in [-0.4, -0.2) is 13.1 Å². The third-order valence-corrected chi connectivity index (χ3v) is 3.94. The zero-order valence-corrected chi connectivity index (χ0v) is 10.3. The van der Waals surface area contributed by atoms with Gasteiger partial charge in [-0.05, 0) is 56.3 Å². The van der Waals surface area contributed by atoms with Gasteiger partial charge in [0.1, 0.15) is 5.82 Å². The van der Waals surface area contributed by atoms with E-state index in [-0.39, 0.29) is 11.9 Å². The van der Waals surface area contributed by atoms with Gasteiger partial charge in [0.15, 0.2) is 0 Å². The Labute approximate surface area is 102 Å². The molecule has 1 aliphatic rings. The summed E-state index contributed by atoms with van der Waals surface area (Å²) in [7, 11) is 2.02. The van der Waals surface area contributed by atoms with Gasteiger partial charge in [0, 0.05) is 12.1 Å². The molecule has 3 N–H and O–H groups in total. The lowest BCUT2D eigenvalue weighted by molar-refractivity contribution is 0.266. The van der Waals surface area contributed by atoms with Gasteiger partial charge in [-0.2, -0.15) is 0 Å². The van der Waals surface area contributed by atoms with Crippen LogP contribution in [0.15, 0.2) is 24.3 Å². The van der Waals surface area contributed by atoms with Gasteiger partial charge in [-0.25, -0.2) is 4.39 Å². The molecule has 1 fully saturated rings. The Morgan fingerprint density at radius 2 is 1.76 bits per heavy atom. The summed E-state index contributed by atoms with van der Waals surface area (Å²) in [5.41, 5.74) is 7.32. The van der Waals surface area contributed by atoms with E-state index in [4.69, 9.17) is 5.73 Å². The molecule has 1 aromatic carbocycles. The number of hydrogen-bond donors (Lipinski definition) is 2. The average molecular weight is 236 g/mol. The van der Waals surface area contributed by atoms with Crippen LogP contribution in [0, 0.1) is 11.7 Å². The van der Waals surface area contributed by atoms with E-state index in [9.17, 15) is 4.39 Å². The normalized spacial score (nSPS) is 26.8. The van der Waals surface area contributed by atoms with E-state index >= 15 is 0 Å². The van der Waals surface area contributed by atoms with Crippen molar-refractivity contribution >= 4 is 0 Å². The van der Waals surface area contributed by atoms with E-state index in [1.165, 1.54) is 25.0 Å². The highest BCUT2D eigenvalue weighted by Crippen LogP contribution is 2.32. The van der Waals surface area contributed by atoms with Crippen LogP contribution in [0.2, 0.25) is 0 Å². The van der Waals surface area contributed by atoms with Crippen LogP contribution in [0.25, 0.3) is 0 Å². The zero-order valence-electron chi connectivity index (χ0n) is 10.3. The van der Waals surface area contributed by atoms with Gasteiger partial charge >= 0.3 is 0 Å². The Morgan fingerprint density at radius 3 is 2.29 bits per heavy atom. The third-order valence-electron chi connectivity index (χ3n) is 3.94. The van der Waals surface area contributed by atoms with Crippen molar-refractivity contribution in [2.75, 3.05) is 7.05 Å². The fraction of sp³-hybridized carbons (Fsp3) is 0.571. The lowest BCUT2D eigenvalue weighted by Gasteiger charge is -2.32. The molecular weight excluding hydrogens is 215 g/mol. The van der Waals surface area contributed by atoms with Crippen molar-refractivity contribution in [2.24, 2.45) is 11.7 Å². The highest BCUT2D eigenvalue weighted by atomic mass is 19.1. The van der Waals surface area contributed by atoms with Gasteiger partial charge in [0.05, 0.1) is 0 Å². The lowest BCUT2D eigenvalue weighted by atomic mass is 9.79. The molecule has 2 rings (SSSR count).